The van der Waals surface area contributed by atoms with E-state index in [0.717, 1.165) is 5.69 Å². The fraction of sp³-hybridized carbons (Fsp3) is 0.0800. The molecule has 0 aliphatic rings. The summed E-state index contributed by atoms with van der Waals surface area (Å²) in [7, 11) is 0. The molecule has 0 aliphatic heterocycles. The second kappa shape index (κ2) is 11.6. The van der Waals surface area contributed by atoms with Gasteiger partial charge in [-0.3, -0.25) is 0 Å². The van der Waals surface area contributed by atoms with Crippen LogP contribution in [0.5, 0.6) is 0 Å². The fourth-order valence-corrected chi connectivity index (χ4v) is 8.82. The highest BCUT2D eigenvalue weighted by Gasteiger charge is 2.20. The third-order valence-corrected chi connectivity index (χ3v) is 10.8. The first-order valence-corrected chi connectivity index (χ1v) is 18.2. The summed E-state index contributed by atoms with van der Waals surface area (Å²) in [5, 5.41) is 10.3. The molecule has 1 aromatic heterocycles. The van der Waals surface area contributed by atoms with E-state index >= 15 is 0 Å². The molecular formula is C50H38N2. The maximum atomic E-state index is 2.45. The molecule has 0 unspecified atom stereocenters. The van der Waals surface area contributed by atoms with E-state index in [2.05, 4.69) is 195 Å². The molecule has 1 heterocycles. The SMILES string of the molecule is Cc1cc(C)cc(N(c2ccc(-c3ccc4ccc5cc6c7ccccc7n(-c7ccccc7)c6c6ccc3c4c56)cc2)c2cc(C)cc(C)c2)c1. The van der Waals surface area contributed by atoms with Gasteiger partial charge in [0.05, 0.1) is 11.0 Å². The number of aryl methyl sites for hydroxylation is 4. The topological polar surface area (TPSA) is 8.17 Å². The van der Waals surface area contributed by atoms with Gasteiger partial charge in [-0.2, -0.15) is 0 Å². The van der Waals surface area contributed by atoms with Crippen molar-refractivity contribution < 1.29 is 0 Å². The normalized spacial score (nSPS) is 11.8. The van der Waals surface area contributed by atoms with Crippen LogP contribution in [0.3, 0.4) is 0 Å². The van der Waals surface area contributed by atoms with Crippen molar-refractivity contribution in [2.24, 2.45) is 0 Å². The van der Waals surface area contributed by atoms with Crippen molar-refractivity contribution in [1.29, 1.82) is 0 Å². The van der Waals surface area contributed by atoms with E-state index < -0.39 is 0 Å². The van der Waals surface area contributed by atoms with Gasteiger partial charge in [0.15, 0.2) is 0 Å². The number of rotatable bonds is 5. The molecule has 2 heteroatoms. The van der Waals surface area contributed by atoms with E-state index in [-0.39, 0.29) is 0 Å². The van der Waals surface area contributed by atoms with Crippen molar-refractivity contribution in [2.45, 2.75) is 27.7 Å². The van der Waals surface area contributed by atoms with Crippen LogP contribution in [0, 0.1) is 27.7 Å². The Labute approximate surface area is 304 Å². The smallest absolute Gasteiger partial charge is 0.0620 e. The minimum absolute atomic E-state index is 1.15. The van der Waals surface area contributed by atoms with E-state index in [9.17, 15) is 0 Å². The van der Waals surface area contributed by atoms with Crippen molar-refractivity contribution in [2.75, 3.05) is 4.90 Å². The van der Waals surface area contributed by atoms with Gasteiger partial charge < -0.3 is 9.47 Å². The molecule has 248 valence electrons. The molecule has 0 N–H and O–H groups in total. The van der Waals surface area contributed by atoms with Crippen LogP contribution in [-0.2, 0) is 0 Å². The number of para-hydroxylation sites is 2. The van der Waals surface area contributed by atoms with Crippen LogP contribution >= 0.6 is 0 Å². The average molecular weight is 667 g/mol. The Bertz CT molecular complexity index is 2890. The van der Waals surface area contributed by atoms with E-state index in [1.165, 1.54) is 105 Å². The Morgan fingerprint density at radius 2 is 0.981 bits per heavy atom. The largest absolute Gasteiger partial charge is 0.310 e. The summed E-state index contributed by atoms with van der Waals surface area (Å²) in [5.41, 5.74) is 14.7. The van der Waals surface area contributed by atoms with Crippen molar-refractivity contribution in [1.82, 2.24) is 4.57 Å². The first-order valence-electron chi connectivity index (χ1n) is 18.2. The minimum atomic E-state index is 1.15. The molecule has 0 radical (unpaired) electrons. The van der Waals surface area contributed by atoms with Gasteiger partial charge in [-0.25, -0.2) is 0 Å². The Morgan fingerprint density at radius 1 is 0.404 bits per heavy atom. The van der Waals surface area contributed by atoms with Gasteiger partial charge in [0.1, 0.15) is 0 Å². The van der Waals surface area contributed by atoms with Crippen LogP contribution in [0.2, 0.25) is 0 Å². The van der Waals surface area contributed by atoms with Gasteiger partial charge in [-0.15, -0.1) is 0 Å². The Hall–Kier alpha value is -6.38. The van der Waals surface area contributed by atoms with Crippen molar-refractivity contribution >= 4 is 71.2 Å². The molecule has 2 nitrogen and oxygen atoms in total. The van der Waals surface area contributed by atoms with Gasteiger partial charge in [0.25, 0.3) is 0 Å². The van der Waals surface area contributed by atoms with E-state index in [0.29, 0.717) is 0 Å². The Balaban J connectivity index is 1.17. The van der Waals surface area contributed by atoms with Gasteiger partial charge in [0.2, 0.25) is 0 Å². The third kappa shape index (κ3) is 4.72. The lowest BCUT2D eigenvalue weighted by atomic mass is 9.89. The van der Waals surface area contributed by atoms with Crippen molar-refractivity contribution in [3.8, 4) is 16.8 Å². The summed E-state index contributed by atoms with van der Waals surface area (Å²) in [6, 6.07) is 58.7. The number of fused-ring (bicyclic) bond motifs is 4. The summed E-state index contributed by atoms with van der Waals surface area (Å²) in [6.07, 6.45) is 0. The molecule has 0 aliphatic carbocycles. The molecule has 0 amide bonds. The van der Waals surface area contributed by atoms with Crippen LogP contribution in [0.4, 0.5) is 17.1 Å². The highest BCUT2D eigenvalue weighted by molar-refractivity contribution is 6.32. The second-order valence-corrected chi connectivity index (χ2v) is 14.6. The molecule has 0 spiro atoms. The zero-order valence-corrected chi connectivity index (χ0v) is 29.9. The minimum Gasteiger partial charge on any atom is -0.310 e. The Morgan fingerprint density at radius 3 is 1.67 bits per heavy atom. The van der Waals surface area contributed by atoms with Gasteiger partial charge >= 0.3 is 0 Å². The molecule has 0 saturated carbocycles. The first kappa shape index (κ1) is 30.4. The lowest BCUT2D eigenvalue weighted by Gasteiger charge is -2.27. The summed E-state index contributed by atoms with van der Waals surface area (Å²) in [5.74, 6) is 0. The first-order chi connectivity index (χ1) is 25.4. The van der Waals surface area contributed by atoms with Crippen LogP contribution in [0.25, 0.3) is 70.9 Å². The summed E-state index contributed by atoms with van der Waals surface area (Å²) < 4.78 is 2.45. The van der Waals surface area contributed by atoms with E-state index in [4.69, 9.17) is 0 Å². The van der Waals surface area contributed by atoms with Crippen LogP contribution in [0.1, 0.15) is 22.3 Å². The van der Waals surface area contributed by atoms with E-state index in [1.54, 1.807) is 0 Å². The zero-order valence-electron chi connectivity index (χ0n) is 29.9. The van der Waals surface area contributed by atoms with Gasteiger partial charge in [-0.05, 0) is 149 Å². The molecule has 0 atom stereocenters. The molecule has 10 aromatic rings. The lowest BCUT2D eigenvalue weighted by molar-refractivity contribution is 1.19. The molecule has 52 heavy (non-hydrogen) atoms. The van der Waals surface area contributed by atoms with Gasteiger partial charge in [0, 0.05) is 38.9 Å². The maximum absolute atomic E-state index is 2.45. The molecule has 0 bridgehead atoms. The molecule has 9 aromatic carbocycles. The number of benzene rings is 9. The number of nitrogens with zero attached hydrogens (tertiary/aromatic N) is 2. The monoisotopic (exact) mass is 666 g/mol. The lowest BCUT2D eigenvalue weighted by Crippen LogP contribution is -2.11. The predicted octanol–water partition coefficient (Wildman–Crippen LogP) is 14.1. The number of aromatic nitrogens is 1. The highest BCUT2D eigenvalue weighted by Crippen LogP contribution is 2.45. The van der Waals surface area contributed by atoms with Crippen LogP contribution in [0.15, 0.2) is 158 Å². The second-order valence-electron chi connectivity index (χ2n) is 14.6. The quantitative estimate of drug-likeness (QED) is 0.166. The summed E-state index contributed by atoms with van der Waals surface area (Å²) in [6.45, 7) is 8.72. The number of hydrogen-bond acceptors (Lipinski definition) is 1. The molecular weight excluding hydrogens is 629 g/mol. The highest BCUT2D eigenvalue weighted by atomic mass is 15.1. The standard InChI is InChI=1S/C50H38N2/c1-31-24-32(2)27-40(26-31)51(41-28-33(3)25-34(4)29-41)39-19-16-35(17-20-39)42-21-18-36-14-15-37-30-46-43-12-8-9-13-47(43)52(38-10-6-5-7-11-38)50(46)45-23-22-44(42)48(36)49(37)45/h5-30H,1-4H3. The zero-order chi connectivity index (χ0) is 35.1. The van der Waals surface area contributed by atoms with E-state index in [1.807, 2.05) is 0 Å². The predicted molar refractivity (Wildman–Crippen MR) is 224 cm³/mol. The van der Waals surface area contributed by atoms with Crippen LogP contribution in [-0.4, -0.2) is 4.57 Å². The number of hydrogen-bond donors (Lipinski definition) is 0. The van der Waals surface area contributed by atoms with Crippen LogP contribution < -0.4 is 4.90 Å². The number of anilines is 3. The maximum Gasteiger partial charge on any atom is 0.0620 e. The average Bonchev–Trinajstić information content (AvgIpc) is 3.48. The van der Waals surface area contributed by atoms with Crippen molar-refractivity contribution in [3.05, 3.63) is 180 Å². The third-order valence-electron chi connectivity index (χ3n) is 10.8. The molecule has 0 fully saturated rings. The summed E-state index contributed by atoms with van der Waals surface area (Å²) >= 11 is 0. The van der Waals surface area contributed by atoms with Crippen molar-refractivity contribution in [3.63, 3.8) is 0 Å². The Kier molecular flexibility index (Phi) is 6.78. The van der Waals surface area contributed by atoms with Gasteiger partial charge in [-0.1, -0.05) is 97.1 Å². The fourth-order valence-electron chi connectivity index (χ4n) is 8.82. The molecule has 0 saturated heterocycles. The summed E-state index contributed by atoms with van der Waals surface area (Å²) in [4.78, 5) is 2.39. The molecule has 10 rings (SSSR count).